The minimum absolute atomic E-state index is 0.208. The highest BCUT2D eigenvalue weighted by atomic mass is 16.6. The fraction of sp³-hybridized carbons (Fsp3) is 0.462. The van der Waals surface area contributed by atoms with Crippen LogP contribution in [-0.4, -0.2) is 46.0 Å². The Kier molecular flexibility index (Phi) is 2.72. The number of aliphatic hydroxyl groups excluding tert-OH is 2. The van der Waals surface area contributed by atoms with Crippen molar-refractivity contribution in [3.8, 4) is 0 Å². The summed E-state index contributed by atoms with van der Waals surface area (Å²) in [4.78, 5) is 13.2. The molecule has 18 heavy (non-hydrogen) atoms. The van der Waals surface area contributed by atoms with Crippen molar-refractivity contribution < 1.29 is 19.7 Å². The SMILES string of the molecule is O=C(OCc1ccccc1)N1CC2[C@@H](O)C1[C@@H]2O. The molecule has 2 heterocycles. The summed E-state index contributed by atoms with van der Waals surface area (Å²) in [5.74, 6) is -0.209. The monoisotopic (exact) mass is 249 g/mol. The van der Waals surface area contributed by atoms with E-state index in [1.807, 2.05) is 30.3 Å². The van der Waals surface area contributed by atoms with Crippen molar-refractivity contribution in [2.75, 3.05) is 6.54 Å². The number of nitrogens with zero attached hydrogens (tertiary/aromatic N) is 1. The van der Waals surface area contributed by atoms with Crippen LogP contribution < -0.4 is 0 Å². The highest BCUT2D eigenvalue weighted by Gasteiger charge is 2.61. The number of ether oxygens (including phenoxy) is 1. The van der Waals surface area contributed by atoms with Crippen LogP contribution in [0.25, 0.3) is 0 Å². The van der Waals surface area contributed by atoms with Crippen LogP contribution in [0.1, 0.15) is 5.56 Å². The molecular weight excluding hydrogens is 234 g/mol. The van der Waals surface area contributed by atoms with Gasteiger partial charge in [-0.3, -0.25) is 4.90 Å². The number of rotatable bonds is 2. The van der Waals surface area contributed by atoms with Gasteiger partial charge in [-0.05, 0) is 5.56 Å². The third-order valence-electron chi connectivity index (χ3n) is 3.78. The van der Waals surface area contributed by atoms with Crippen molar-refractivity contribution in [1.29, 1.82) is 0 Å². The molecule has 1 aliphatic carbocycles. The highest BCUT2D eigenvalue weighted by molar-refractivity contribution is 5.69. The smallest absolute Gasteiger partial charge is 0.410 e. The first kappa shape index (κ1) is 11.5. The molecule has 3 aliphatic rings. The lowest BCUT2D eigenvalue weighted by Crippen LogP contribution is -2.57. The van der Waals surface area contributed by atoms with Gasteiger partial charge in [0.2, 0.25) is 0 Å². The second-order valence-electron chi connectivity index (χ2n) is 4.83. The molecule has 96 valence electrons. The predicted molar refractivity (Wildman–Crippen MR) is 62.6 cm³/mol. The molecule has 2 aliphatic heterocycles. The number of carbonyl (C=O) groups is 1. The fourth-order valence-corrected chi connectivity index (χ4v) is 2.70. The molecule has 1 aromatic carbocycles. The Morgan fingerprint density at radius 2 is 1.94 bits per heavy atom. The Balaban J connectivity index is 1.57. The van der Waals surface area contributed by atoms with Gasteiger partial charge < -0.3 is 14.9 Å². The van der Waals surface area contributed by atoms with Gasteiger partial charge >= 0.3 is 6.09 Å². The Bertz CT molecular complexity index is 440. The first-order valence-corrected chi connectivity index (χ1v) is 6.02. The van der Waals surface area contributed by atoms with Crippen LogP contribution in [0.2, 0.25) is 0 Å². The van der Waals surface area contributed by atoms with E-state index in [4.69, 9.17) is 4.74 Å². The van der Waals surface area contributed by atoms with Gasteiger partial charge in [0.1, 0.15) is 6.61 Å². The summed E-state index contributed by atoms with van der Waals surface area (Å²) in [6.07, 6.45) is -1.68. The fourth-order valence-electron chi connectivity index (χ4n) is 2.70. The largest absolute Gasteiger partial charge is 0.445 e. The second-order valence-corrected chi connectivity index (χ2v) is 4.83. The van der Waals surface area contributed by atoms with Crippen LogP contribution in [-0.2, 0) is 11.3 Å². The van der Waals surface area contributed by atoms with Crippen LogP contribution in [0.15, 0.2) is 30.3 Å². The molecule has 2 N–H and O–H groups in total. The molecular formula is C13H15NO4. The molecule has 0 radical (unpaired) electrons. The minimum atomic E-state index is -0.607. The number of hydrogen-bond donors (Lipinski definition) is 2. The first-order valence-electron chi connectivity index (χ1n) is 6.02. The lowest BCUT2D eigenvalue weighted by Gasteiger charge is -2.37. The number of aliphatic hydroxyl groups is 2. The number of amides is 1. The van der Waals surface area contributed by atoms with Gasteiger partial charge in [0, 0.05) is 12.5 Å². The minimum Gasteiger partial charge on any atom is -0.445 e. The van der Waals surface area contributed by atoms with E-state index in [1.54, 1.807) is 0 Å². The van der Waals surface area contributed by atoms with Crippen LogP contribution in [0.3, 0.4) is 0 Å². The van der Waals surface area contributed by atoms with Crippen molar-refractivity contribution in [2.45, 2.75) is 24.9 Å². The first-order chi connectivity index (χ1) is 8.68. The molecule has 1 amide bonds. The maximum Gasteiger partial charge on any atom is 0.410 e. The van der Waals surface area contributed by atoms with Gasteiger partial charge in [-0.15, -0.1) is 0 Å². The zero-order chi connectivity index (χ0) is 12.7. The van der Waals surface area contributed by atoms with E-state index >= 15 is 0 Å². The van der Waals surface area contributed by atoms with Gasteiger partial charge in [-0.25, -0.2) is 4.79 Å². The van der Waals surface area contributed by atoms with Gasteiger partial charge in [-0.2, -0.15) is 0 Å². The molecule has 5 heteroatoms. The summed E-state index contributed by atoms with van der Waals surface area (Å²) < 4.78 is 5.17. The summed E-state index contributed by atoms with van der Waals surface area (Å²) >= 11 is 0. The van der Waals surface area contributed by atoms with E-state index < -0.39 is 24.3 Å². The van der Waals surface area contributed by atoms with Crippen molar-refractivity contribution in [2.24, 2.45) is 5.92 Å². The summed E-state index contributed by atoms with van der Waals surface area (Å²) in [6, 6.07) is 8.92. The van der Waals surface area contributed by atoms with Crippen LogP contribution in [0, 0.1) is 5.92 Å². The summed E-state index contributed by atoms with van der Waals surface area (Å²) in [5.41, 5.74) is 0.915. The molecule has 0 unspecified atom stereocenters. The van der Waals surface area contributed by atoms with Gasteiger partial charge in [0.05, 0.1) is 18.2 Å². The van der Waals surface area contributed by atoms with E-state index in [-0.39, 0.29) is 12.5 Å². The Morgan fingerprint density at radius 1 is 1.28 bits per heavy atom. The summed E-state index contributed by atoms with van der Waals surface area (Å²) in [7, 11) is 0. The average molecular weight is 249 g/mol. The summed E-state index contributed by atoms with van der Waals surface area (Å²) in [5, 5.41) is 19.2. The Hall–Kier alpha value is -1.59. The van der Waals surface area contributed by atoms with E-state index in [0.29, 0.717) is 6.54 Å². The molecule has 5 nitrogen and oxygen atoms in total. The van der Waals surface area contributed by atoms with Crippen molar-refractivity contribution in [3.05, 3.63) is 35.9 Å². The molecule has 2 saturated heterocycles. The van der Waals surface area contributed by atoms with Crippen LogP contribution in [0.4, 0.5) is 4.79 Å². The third-order valence-corrected chi connectivity index (χ3v) is 3.78. The predicted octanol–water partition coefficient (Wildman–Crippen LogP) is 0.359. The Morgan fingerprint density at radius 3 is 2.50 bits per heavy atom. The van der Waals surface area contributed by atoms with Crippen LogP contribution >= 0.6 is 0 Å². The summed E-state index contributed by atoms with van der Waals surface area (Å²) in [6.45, 7) is 0.584. The second kappa shape index (κ2) is 4.26. The third kappa shape index (κ3) is 1.67. The van der Waals surface area contributed by atoms with E-state index in [0.717, 1.165) is 5.56 Å². The topological polar surface area (TPSA) is 70.0 Å². The zero-order valence-electron chi connectivity index (χ0n) is 9.77. The van der Waals surface area contributed by atoms with Crippen molar-refractivity contribution in [1.82, 2.24) is 4.90 Å². The zero-order valence-corrected chi connectivity index (χ0v) is 9.77. The van der Waals surface area contributed by atoms with Crippen molar-refractivity contribution in [3.63, 3.8) is 0 Å². The number of hydrogen-bond acceptors (Lipinski definition) is 4. The quantitative estimate of drug-likeness (QED) is 0.794. The number of fused-ring (bicyclic) bond motifs is 1. The Labute approximate surface area is 105 Å². The van der Waals surface area contributed by atoms with Gasteiger partial charge in [-0.1, -0.05) is 30.3 Å². The van der Waals surface area contributed by atoms with Crippen LogP contribution in [0.5, 0.6) is 0 Å². The normalized spacial score (nSPS) is 33.1. The molecule has 0 aromatic heterocycles. The van der Waals surface area contributed by atoms with Gasteiger partial charge in [0.25, 0.3) is 0 Å². The average Bonchev–Trinajstić information content (AvgIpc) is 2.94. The van der Waals surface area contributed by atoms with E-state index in [9.17, 15) is 15.0 Å². The molecule has 2 bridgehead atoms. The molecule has 1 aromatic rings. The van der Waals surface area contributed by atoms with Crippen molar-refractivity contribution >= 4 is 6.09 Å². The number of benzene rings is 1. The highest BCUT2D eigenvalue weighted by Crippen LogP contribution is 2.41. The van der Waals surface area contributed by atoms with E-state index in [2.05, 4.69) is 0 Å². The lowest BCUT2D eigenvalue weighted by molar-refractivity contribution is -0.0878. The molecule has 2 atom stereocenters. The standard InChI is InChI=1S/C13H15NO4/c15-11-9-6-14(10(11)12(9)16)13(17)18-7-8-4-2-1-3-5-8/h1-5,9-12,15-16H,6-7H2/t9?,10?,11-,12-/m1/s1. The maximum atomic E-state index is 11.8. The lowest BCUT2D eigenvalue weighted by atomic mass is 9.79. The molecule has 0 spiro atoms. The molecule has 3 fully saturated rings. The maximum absolute atomic E-state index is 11.8. The van der Waals surface area contributed by atoms with E-state index in [1.165, 1.54) is 4.90 Å². The molecule has 1 saturated carbocycles. The van der Waals surface area contributed by atoms with Gasteiger partial charge in [0.15, 0.2) is 0 Å². The number of carbonyl (C=O) groups excluding carboxylic acids is 1. The molecule has 4 rings (SSSR count).